The van der Waals surface area contributed by atoms with Crippen molar-refractivity contribution >= 4 is 5.95 Å². The Kier molecular flexibility index (Phi) is 4.10. The van der Waals surface area contributed by atoms with Crippen molar-refractivity contribution in [3.8, 4) is 0 Å². The van der Waals surface area contributed by atoms with Crippen LogP contribution < -0.4 is 16.6 Å². The standard InChI is InChI=1S/C19H24N4O/c20-19-22-16-12-21-10-9-15(16)18(24)23(19)17(14-7-4-8-14)11-13-5-2-1-3-6-13/h1-3,5-6,14,17,21H,4,7-12H2,(H2,20,22). The van der Waals surface area contributed by atoms with Gasteiger partial charge < -0.3 is 11.1 Å². The van der Waals surface area contributed by atoms with Gasteiger partial charge in [-0.15, -0.1) is 0 Å². The van der Waals surface area contributed by atoms with E-state index in [9.17, 15) is 4.79 Å². The van der Waals surface area contributed by atoms with Gasteiger partial charge in [0.2, 0.25) is 5.95 Å². The Morgan fingerprint density at radius 3 is 2.79 bits per heavy atom. The lowest BCUT2D eigenvalue weighted by Crippen LogP contribution is -2.40. The summed E-state index contributed by atoms with van der Waals surface area (Å²) in [6.45, 7) is 1.48. The van der Waals surface area contributed by atoms with Crippen molar-refractivity contribution in [1.29, 1.82) is 0 Å². The van der Waals surface area contributed by atoms with E-state index in [1.165, 1.54) is 24.8 Å². The fraction of sp³-hybridized carbons (Fsp3) is 0.474. The lowest BCUT2D eigenvalue weighted by Gasteiger charge is -2.36. The summed E-state index contributed by atoms with van der Waals surface area (Å²) >= 11 is 0. The summed E-state index contributed by atoms with van der Waals surface area (Å²) < 4.78 is 1.79. The first-order chi connectivity index (χ1) is 11.7. The summed E-state index contributed by atoms with van der Waals surface area (Å²) in [6, 6.07) is 10.5. The number of nitrogen functional groups attached to an aromatic ring is 1. The van der Waals surface area contributed by atoms with Crippen molar-refractivity contribution < 1.29 is 0 Å². The Morgan fingerprint density at radius 1 is 1.29 bits per heavy atom. The molecule has 24 heavy (non-hydrogen) atoms. The zero-order chi connectivity index (χ0) is 16.5. The lowest BCUT2D eigenvalue weighted by molar-refractivity contribution is 0.204. The van der Waals surface area contributed by atoms with Gasteiger partial charge in [0.25, 0.3) is 5.56 Å². The third kappa shape index (κ3) is 2.73. The predicted molar refractivity (Wildman–Crippen MR) is 94.8 cm³/mol. The van der Waals surface area contributed by atoms with Gasteiger partial charge in [-0.3, -0.25) is 9.36 Å². The highest BCUT2D eigenvalue weighted by atomic mass is 16.1. The third-order valence-corrected chi connectivity index (χ3v) is 5.48. The van der Waals surface area contributed by atoms with Gasteiger partial charge in [0.05, 0.1) is 5.69 Å². The molecule has 1 unspecified atom stereocenters. The molecule has 2 aliphatic rings. The minimum atomic E-state index is 0.0758. The number of benzene rings is 1. The average molecular weight is 324 g/mol. The van der Waals surface area contributed by atoms with Gasteiger partial charge in [0.15, 0.2) is 0 Å². The zero-order valence-electron chi connectivity index (χ0n) is 13.9. The van der Waals surface area contributed by atoms with Crippen molar-refractivity contribution in [2.75, 3.05) is 12.3 Å². The largest absolute Gasteiger partial charge is 0.369 e. The molecule has 4 rings (SSSR count). The van der Waals surface area contributed by atoms with Gasteiger partial charge in [-0.1, -0.05) is 36.8 Å². The van der Waals surface area contributed by atoms with Gasteiger partial charge in [-0.25, -0.2) is 4.98 Å². The van der Waals surface area contributed by atoms with Gasteiger partial charge in [0.1, 0.15) is 0 Å². The van der Waals surface area contributed by atoms with E-state index in [1.807, 2.05) is 6.07 Å². The van der Waals surface area contributed by atoms with Crippen molar-refractivity contribution in [2.24, 2.45) is 5.92 Å². The number of rotatable bonds is 4. The number of fused-ring (bicyclic) bond motifs is 1. The van der Waals surface area contributed by atoms with E-state index in [2.05, 4.69) is 34.6 Å². The maximum atomic E-state index is 13.1. The number of aromatic nitrogens is 2. The van der Waals surface area contributed by atoms with Crippen LogP contribution in [0.25, 0.3) is 0 Å². The molecule has 1 fully saturated rings. The van der Waals surface area contributed by atoms with Crippen LogP contribution in [-0.2, 0) is 19.4 Å². The van der Waals surface area contributed by atoms with E-state index in [-0.39, 0.29) is 11.6 Å². The maximum absolute atomic E-state index is 13.1. The number of hydrogen-bond acceptors (Lipinski definition) is 4. The van der Waals surface area contributed by atoms with Crippen molar-refractivity contribution in [2.45, 2.75) is 44.7 Å². The Morgan fingerprint density at radius 2 is 2.08 bits per heavy atom. The molecule has 1 aromatic carbocycles. The molecule has 0 saturated heterocycles. The van der Waals surface area contributed by atoms with Crippen LogP contribution in [0.4, 0.5) is 5.95 Å². The van der Waals surface area contributed by atoms with Gasteiger partial charge in [-0.05, 0) is 43.7 Å². The van der Waals surface area contributed by atoms with Crippen LogP contribution in [0.3, 0.4) is 0 Å². The summed E-state index contributed by atoms with van der Waals surface area (Å²) in [6.07, 6.45) is 5.16. The number of hydrogen-bond donors (Lipinski definition) is 2. The summed E-state index contributed by atoms with van der Waals surface area (Å²) in [5.41, 5.74) is 9.24. The molecule has 0 amide bonds. The molecule has 0 spiro atoms. The fourth-order valence-corrected chi connectivity index (χ4v) is 3.92. The fourth-order valence-electron chi connectivity index (χ4n) is 3.92. The van der Waals surface area contributed by atoms with Gasteiger partial charge in [-0.2, -0.15) is 0 Å². The van der Waals surface area contributed by atoms with Crippen LogP contribution >= 0.6 is 0 Å². The van der Waals surface area contributed by atoms with Crippen molar-refractivity contribution in [1.82, 2.24) is 14.9 Å². The first-order valence-corrected chi connectivity index (χ1v) is 8.88. The van der Waals surface area contributed by atoms with Crippen LogP contribution in [0.1, 0.15) is 42.1 Å². The Balaban J connectivity index is 1.76. The molecule has 5 heteroatoms. The highest BCUT2D eigenvalue weighted by molar-refractivity contribution is 5.30. The summed E-state index contributed by atoms with van der Waals surface area (Å²) in [4.78, 5) is 17.7. The van der Waals surface area contributed by atoms with Crippen LogP contribution in [0, 0.1) is 5.92 Å². The average Bonchev–Trinajstić information content (AvgIpc) is 2.54. The molecule has 3 N–H and O–H groups in total. The number of nitrogens with two attached hydrogens (primary N) is 1. The second kappa shape index (κ2) is 6.40. The normalized spacial score (nSPS) is 18.7. The Bertz CT molecular complexity index is 780. The molecular weight excluding hydrogens is 300 g/mol. The van der Waals surface area contributed by atoms with E-state index in [0.29, 0.717) is 18.4 Å². The molecule has 0 bridgehead atoms. The van der Waals surface area contributed by atoms with Crippen LogP contribution in [0.15, 0.2) is 35.1 Å². The molecule has 2 aromatic rings. The molecule has 1 aliphatic heterocycles. The zero-order valence-corrected chi connectivity index (χ0v) is 13.9. The highest BCUT2D eigenvalue weighted by Crippen LogP contribution is 2.38. The maximum Gasteiger partial charge on any atom is 0.258 e. The molecular formula is C19H24N4O. The predicted octanol–water partition coefficient (Wildman–Crippen LogP) is 2.06. The topological polar surface area (TPSA) is 72.9 Å². The molecule has 1 aromatic heterocycles. The SMILES string of the molecule is Nc1nc2c(c(=O)n1C(Cc1ccccc1)C1CCC1)CCNC2. The highest BCUT2D eigenvalue weighted by Gasteiger charge is 2.32. The van der Waals surface area contributed by atoms with E-state index >= 15 is 0 Å². The second-order valence-corrected chi connectivity index (χ2v) is 6.95. The van der Waals surface area contributed by atoms with Crippen LogP contribution in [-0.4, -0.2) is 16.1 Å². The number of anilines is 1. The quantitative estimate of drug-likeness (QED) is 0.903. The Labute approximate surface area is 141 Å². The Hall–Kier alpha value is -2.14. The lowest BCUT2D eigenvalue weighted by atomic mass is 9.77. The number of nitrogens with zero attached hydrogens (tertiary/aromatic N) is 2. The van der Waals surface area contributed by atoms with Gasteiger partial charge >= 0.3 is 0 Å². The van der Waals surface area contributed by atoms with E-state index in [4.69, 9.17) is 5.73 Å². The van der Waals surface area contributed by atoms with Crippen molar-refractivity contribution in [3.63, 3.8) is 0 Å². The summed E-state index contributed by atoms with van der Waals surface area (Å²) in [5.74, 6) is 0.891. The molecule has 1 aliphatic carbocycles. The van der Waals surface area contributed by atoms with Gasteiger partial charge in [0, 0.05) is 18.2 Å². The molecule has 126 valence electrons. The molecule has 1 saturated carbocycles. The van der Waals surface area contributed by atoms with Crippen LogP contribution in [0.2, 0.25) is 0 Å². The smallest absolute Gasteiger partial charge is 0.258 e. The molecule has 5 nitrogen and oxygen atoms in total. The summed E-state index contributed by atoms with van der Waals surface area (Å²) in [5, 5.41) is 3.26. The number of nitrogens with one attached hydrogen (secondary N) is 1. The second-order valence-electron chi connectivity index (χ2n) is 6.95. The minimum absolute atomic E-state index is 0.0758. The monoisotopic (exact) mass is 324 g/mol. The van der Waals surface area contributed by atoms with E-state index in [1.54, 1.807) is 4.57 Å². The first-order valence-electron chi connectivity index (χ1n) is 8.88. The first kappa shape index (κ1) is 15.4. The minimum Gasteiger partial charge on any atom is -0.369 e. The molecule has 1 atom stereocenters. The summed E-state index contributed by atoms with van der Waals surface area (Å²) in [7, 11) is 0. The van der Waals surface area contributed by atoms with E-state index in [0.717, 1.165) is 30.6 Å². The molecule has 0 radical (unpaired) electrons. The van der Waals surface area contributed by atoms with Crippen molar-refractivity contribution in [3.05, 3.63) is 57.5 Å². The van der Waals surface area contributed by atoms with E-state index < -0.39 is 0 Å². The molecule has 2 heterocycles. The van der Waals surface area contributed by atoms with Crippen LogP contribution in [0.5, 0.6) is 0 Å². The third-order valence-electron chi connectivity index (χ3n) is 5.48.